The molecule has 1 aromatic heterocycles. The molecule has 3 rings (SSSR count). The average molecular weight is 414 g/mol. The van der Waals surface area contributed by atoms with Gasteiger partial charge in [-0.15, -0.1) is 0 Å². The van der Waals surface area contributed by atoms with E-state index < -0.39 is 17.9 Å². The Hall–Kier alpha value is -3.39. The van der Waals surface area contributed by atoms with Crippen LogP contribution in [0.2, 0.25) is 0 Å². The molecule has 0 aliphatic rings. The fraction of sp³-hybridized carbons (Fsp3) is 0.273. The fourth-order valence-electron chi connectivity index (χ4n) is 3.14. The molecule has 1 amide bonds. The minimum absolute atomic E-state index is 0.0143. The van der Waals surface area contributed by atoms with Crippen LogP contribution in [0.25, 0.3) is 22.3 Å². The third-order valence-electron chi connectivity index (χ3n) is 4.22. The number of benzene rings is 2. The molecule has 0 saturated heterocycles. The van der Waals surface area contributed by atoms with Crippen molar-refractivity contribution in [1.82, 2.24) is 4.90 Å². The molecule has 0 spiro atoms. The van der Waals surface area contributed by atoms with E-state index in [-0.39, 0.29) is 17.4 Å². The number of halogens is 1. The Kier molecular flexibility index (Phi) is 6.07. The molecular weight excluding hydrogens is 391 g/mol. The first kappa shape index (κ1) is 21.3. The minimum Gasteiger partial charge on any atom is -0.491 e. The lowest BCUT2D eigenvalue weighted by Crippen LogP contribution is -2.18. The molecule has 1 heterocycles. The highest BCUT2D eigenvalue weighted by atomic mass is 19.1. The normalized spacial score (nSPS) is 11.3. The third kappa shape index (κ3) is 4.60. The van der Waals surface area contributed by atoms with Crippen molar-refractivity contribution in [1.29, 1.82) is 0 Å². The molecule has 30 heavy (non-hydrogen) atoms. The van der Waals surface area contributed by atoms with Crippen molar-refractivity contribution < 1.29 is 27.9 Å². The molecule has 0 unspecified atom stereocenters. The lowest BCUT2D eigenvalue weighted by molar-refractivity contribution is 0.0640. The highest BCUT2D eigenvalue weighted by Crippen LogP contribution is 2.38. The molecule has 8 heteroatoms. The number of esters is 1. The van der Waals surface area contributed by atoms with Crippen LogP contribution < -0.4 is 10.5 Å². The smallest absolute Gasteiger partial charge is 0.412 e. The SMILES string of the molecule is CC(C)Oc1cc2c(C(=O)OC(N)=O)c(-c3ccc(F)cc3)oc2cc1CN(C)C. The number of primary amides is 1. The van der Waals surface area contributed by atoms with E-state index in [1.807, 2.05) is 32.8 Å². The standard InChI is InChI=1S/C22H23FN2O5/c1-12(2)28-17-10-16-18(9-14(17)11-25(3)4)29-20(13-5-7-15(23)8-6-13)19(16)21(26)30-22(24)27/h5-10,12H,11H2,1-4H3,(H2,24,27). The van der Waals surface area contributed by atoms with Crippen LogP contribution in [0.4, 0.5) is 9.18 Å². The summed E-state index contributed by atoms with van der Waals surface area (Å²) in [5, 5.41) is 0.402. The first-order valence-corrected chi connectivity index (χ1v) is 9.34. The number of hydrogen-bond donors (Lipinski definition) is 1. The fourth-order valence-corrected chi connectivity index (χ4v) is 3.14. The summed E-state index contributed by atoms with van der Waals surface area (Å²) in [6.45, 7) is 4.36. The molecule has 0 atom stereocenters. The molecule has 0 saturated carbocycles. The number of carbonyl (C=O) groups excluding carboxylic acids is 2. The van der Waals surface area contributed by atoms with E-state index in [0.29, 0.717) is 28.8 Å². The van der Waals surface area contributed by atoms with Gasteiger partial charge in [0.15, 0.2) is 0 Å². The number of fused-ring (bicyclic) bond motifs is 1. The quantitative estimate of drug-likeness (QED) is 0.477. The molecule has 0 fully saturated rings. The van der Waals surface area contributed by atoms with Crippen LogP contribution in [0.5, 0.6) is 5.75 Å². The zero-order valence-electron chi connectivity index (χ0n) is 17.2. The summed E-state index contributed by atoms with van der Waals surface area (Å²) in [5.74, 6) is -0.673. The number of furan rings is 1. The lowest BCUT2D eigenvalue weighted by atomic mass is 10.0. The number of carbonyl (C=O) groups is 2. The van der Waals surface area contributed by atoms with Gasteiger partial charge in [-0.3, -0.25) is 0 Å². The molecule has 2 aromatic carbocycles. The second kappa shape index (κ2) is 8.54. The Morgan fingerprint density at radius 3 is 2.40 bits per heavy atom. The second-order valence-corrected chi connectivity index (χ2v) is 7.38. The van der Waals surface area contributed by atoms with Crippen LogP contribution in [0.3, 0.4) is 0 Å². The van der Waals surface area contributed by atoms with E-state index in [1.54, 1.807) is 12.1 Å². The first-order valence-electron chi connectivity index (χ1n) is 9.34. The topological polar surface area (TPSA) is 95.0 Å². The van der Waals surface area contributed by atoms with Gasteiger partial charge in [0.2, 0.25) is 0 Å². The van der Waals surface area contributed by atoms with Gasteiger partial charge in [0, 0.05) is 23.1 Å². The van der Waals surface area contributed by atoms with E-state index in [0.717, 1.165) is 5.56 Å². The van der Waals surface area contributed by atoms with Gasteiger partial charge in [0.05, 0.1) is 6.10 Å². The molecule has 0 aliphatic carbocycles. The average Bonchev–Trinajstić information content (AvgIpc) is 2.99. The molecule has 158 valence electrons. The monoisotopic (exact) mass is 414 g/mol. The van der Waals surface area contributed by atoms with Crippen LogP contribution in [0, 0.1) is 5.82 Å². The summed E-state index contributed by atoms with van der Waals surface area (Å²) < 4.78 is 29.9. The van der Waals surface area contributed by atoms with Crippen molar-refractivity contribution in [2.24, 2.45) is 5.73 Å². The maximum atomic E-state index is 13.4. The summed E-state index contributed by atoms with van der Waals surface area (Å²) in [6.07, 6.45) is -1.34. The zero-order valence-corrected chi connectivity index (χ0v) is 17.2. The van der Waals surface area contributed by atoms with Gasteiger partial charge in [0.1, 0.15) is 28.5 Å². The second-order valence-electron chi connectivity index (χ2n) is 7.38. The summed E-state index contributed by atoms with van der Waals surface area (Å²) >= 11 is 0. The Morgan fingerprint density at radius 2 is 1.83 bits per heavy atom. The van der Waals surface area contributed by atoms with Crippen molar-refractivity contribution in [3.63, 3.8) is 0 Å². The predicted molar refractivity (Wildman–Crippen MR) is 110 cm³/mol. The van der Waals surface area contributed by atoms with Crippen LogP contribution in [0.15, 0.2) is 40.8 Å². The molecule has 0 aliphatic heterocycles. The molecule has 0 bridgehead atoms. The van der Waals surface area contributed by atoms with E-state index in [2.05, 4.69) is 4.74 Å². The maximum absolute atomic E-state index is 13.4. The van der Waals surface area contributed by atoms with E-state index in [9.17, 15) is 14.0 Å². The number of nitrogens with two attached hydrogens (primary N) is 1. The Balaban J connectivity index is 2.27. The summed E-state index contributed by atoms with van der Waals surface area (Å²) in [7, 11) is 3.84. The number of hydrogen-bond acceptors (Lipinski definition) is 6. The van der Waals surface area contributed by atoms with Crippen LogP contribution in [-0.4, -0.2) is 37.2 Å². The predicted octanol–water partition coefficient (Wildman–Crippen LogP) is 4.32. The summed E-state index contributed by atoms with van der Waals surface area (Å²) in [6, 6.07) is 8.90. The van der Waals surface area contributed by atoms with Crippen molar-refractivity contribution in [2.75, 3.05) is 14.1 Å². The lowest BCUT2D eigenvalue weighted by Gasteiger charge is -2.17. The van der Waals surface area contributed by atoms with E-state index in [1.165, 1.54) is 24.3 Å². The molecule has 3 aromatic rings. The van der Waals surface area contributed by atoms with Gasteiger partial charge in [0.25, 0.3) is 0 Å². The molecule has 2 N–H and O–H groups in total. The van der Waals surface area contributed by atoms with E-state index in [4.69, 9.17) is 14.9 Å². The van der Waals surface area contributed by atoms with Gasteiger partial charge >= 0.3 is 12.1 Å². The van der Waals surface area contributed by atoms with Crippen molar-refractivity contribution >= 4 is 23.0 Å². The molecular formula is C22H23FN2O5. The van der Waals surface area contributed by atoms with Gasteiger partial charge in [-0.2, -0.15) is 0 Å². The highest BCUT2D eigenvalue weighted by molar-refractivity contribution is 6.11. The number of rotatable bonds is 6. The minimum atomic E-state index is -1.23. The maximum Gasteiger partial charge on any atom is 0.412 e. The first-order chi connectivity index (χ1) is 14.2. The zero-order chi connectivity index (χ0) is 22.0. The number of nitrogens with zero attached hydrogens (tertiary/aromatic N) is 1. The van der Waals surface area contributed by atoms with E-state index >= 15 is 0 Å². The third-order valence-corrected chi connectivity index (χ3v) is 4.22. The summed E-state index contributed by atoms with van der Waals surface area (Å²) in [4.78, 5) is 25.8. The van der Waals surface area contributed by atoms with Crippen LogP contribution >= 0.6 is 0 Å². The van der Waals surface area contributed by atoms with Crippen molar-refractivity contribution in [2.45, 2.75) is 26.5 Å². The van der Waals surface area contributed by atoms with Gasteiger partial charge < -0.3 is 24.5 Å². The van der Waals surface area contributed by atoms with Crippen LogP contribution in [0.1, 0.15) is 29.8 Å². The molecule has 7 nitrogen and oxygen atoms in total. The molecule has 0 radical (unpaired) electrons. The van der Waals surface area contributed by atoms with Crippen molar-refractivity contribution in [3.05, 3.63) is 53.3 Å². The van der Waals surface area contributed by atoms with Gasteiger partial charge in [-0.1, -0.05) is 0 Å². The summed E-state index contributed by atoms with van der Waals surface area (Å²) in [5.41, 5.74) is 6.76. The van der Waals surface area contributed by atoms with Crippen LogP contribution in [-0.2, 0) is 11.3 Å². The Labute approximate surface area is 173 Å². The van der Waals surface area contributed by atoms with Gasteiger partial charge in [-0.25, -0.2) is 14.0 Å². The number of ether oxygens (including phenoxy) is 2. The Morgan fingerprint density at radius 1 is 1.17 bits per heavy atom. The number of amides is 1. The highest BCUT2D eigenvalue weighted by Gasteiger charge is 2.26. The van der Waals surface area contributed by atoms with Gasteiger partial charge in [-0.05, 0) is 64.3 Å². The Bertz CT molecular complexity index is 1090. The largest absolute Gasteiger partial charge is 0.491 e. The van der Waals surface area contributed by atoms with Crippen molar-refractivity contribution in [3.8, 4) is 17.1 Å².